The summed E-state index contributed by atoms with van der Waals surface area (Å²) < 4.78 is 0. The van der Waals surface area contributed by atoms with E-state index in [1.165, 1.54) is 11.1 Å². The minimum atomic E-state index is -0.0809. The highest BCUT2D eigenvalue weighted by molar-refractivity contribution is 6.03. The molecule has 0 aliphatic carbocycles. The van der Waals surface area contributed by atoms with Crippen molar-refractivity contribution in [2.75, 3.05) is 11.4 Å². The molecule has 2 aromatic carbocycles. The Morgan fingerprint density at radius 1 is 0.955 bits per heavy atom. The third kappa shape index (κ3) is 3.04. The zero-order chi connectivity index (χ0) is 15.5. The number of rotatable bonds is 3. The predicted octanol–water partition coefficient (Wildman–Crippen LogP) is 3.72. The molecule has 0 spiro atoms. The van der Waals surface area contributed by atoms with Crippen molar-refractivity contribution >= 4 is 17.3 Å². The molecule has 1 saturated heterocycles. The van der Waals surface area contributed by atoms with E-state index in [1.807, 2.05) is 53.4 Å². The Kier molecular flexibility index (Phi) is 4.25. The molecular weight excluding hydrogens is 272 g/mol. The molecule has 1 unspecified atom stereocenters. The Morgan fingerprint density at radius 2 is 1.45 bits per heavy atom. The number of benzene rings is 2. The molecule has 3 nitrogen and oxygen atoms in total. The minimum Gasteiger partial charge on any atom is -0.306 e. The van der Waals surface area contributed by atoms with E-state index >= 15 is 0 Å². The van der Waals surface area contributed by atoms with Crippen LogP contribution in [0.2, 0.25) is 0 Å². The molecule has 0 radical (unpaired) electrons. The van der Waals surface area contributed by atoms with Crippen LogP contribution >= 0.6 is 0 Å². The topological polar surface area (TPSA) is 32.3 Å². The fraction of sp³-hybridized carbons (Fsp3) is 0.316. The Morgan fingerprint density at radius 3 is 1.86 bits per heavy atom. The first-order valence-electron chi connectivity index (χ1n) is 7.86. The van der Waals surface area contributed by atoms with Gasteiger partial charge in [0.05, 0.1) is 6.04 Å². The molecule has 22 heavy (non-hydrogen) atoms. The van der Waals surface area contributed by atoms with Crippen LogP contribution in [-0.4, -0.2) is 18.5 Å². The maximum absolute atomic E-state index is 13.0. The predicted molar refractivity (Wildman–Crippen MR) is 90.5 cm³/mol. The fourth-order valence-electron chi connectivity index (χ4n) is 2.84. The molecule has 1 aliphatic heterocycles. The lowest BCUT2D eigenvalue weighted by Crippen LogP contribution is -2.41. The van der Waals surface area contributed by atoms with Gasteiger partial charge < -0.3 is 5.32 Å². The molecule has 3 heteroatoms. The zero-order valence-electron chi connectivity index (χ0n) is 13.2. The van der Waals surface area contributed by atoms with Gasteiger partial charge in [-0.25, -0.2) is 0 Å². The van der Waals surface area contributed by atoms with Gasteiger partial charge in [-0.15, -0.1) is 0 Å². The Balaban J connectivity index is 1.99. The number of hydrogen-bond acceptors (Lipinski definition) is 2. The maximum Gasteiger partial charge on any atom is 0.248 e. The van der Waals surface area contributed by atoms with Crippen LogP contribution in [0.3, 0.4) is 0 Å². The Hall–Kier alpha value is -2.13. The van der Waals surface area contributed by atoms with Gasteiger partial charge in [-0.05, 0) is 57.5 Å². The van der Waals surface area contributed by atoms with E-state index in [2.05, 4.69) is 19.2 Å². The highest BCUT2D eigenvalue weighted by Crippen LogP contribution is 2.28. The SMILES string of the molecule is Cc1ccc(N(C(=O)C2CCCN2)c2ccc(C)cc2)cc1. The lowest BCUT2D eigenvalue weighted by molar-refractivity contribution is -0.119. The van der Waals surface area contributed by atoms with Gasteiger partial charge in [0.25, 0.3) is 0 Å². The van der Waals surface area contributed by atoms with Crippen molar-refractivity contribution in [3.8, 4) is 0 Å². The fourth-order valence-corrected chi connectivity index (χ4v) is 2.84. The van der Waals surface area contributed by atoms with Crippen molar-refractivity contribution in [1.82, 2.24) is 5.32 Å². The van der Waals surface area contributed by atoms with Gasteiger partial charge in [-0.1, -0.05) is 35.4 Å². The molecule has 1 N–H and O–H groups in total. The van der Waals surface area contributed by atoms with Gasteiger partial charge in [0.15, 0.2) is 0 Å². The molecule has 3 rings (SSSR count). The number of anilines is 2. The smallest absolute Gasteiger partial charge is 0.248 e. The second-order valence-electron chi connectivity index (χ2n) is 5.99. The molecule has 2 aromatic rings. The van der Waals surface area contributed by atoms with E-state index in [0.717, 1.165) is 30.8 Å². The first kappa shape index (κ1) is 14.8. The van der Waals surface area contributed by atoms with E-state index in [1.54, 1.807) is 0 Å². The van der Waals surface area contributed by atoms with Crippen LogP contribution in [0.25, 0.3) is 0 Å². The van der Waals surface area contributed by atoms with Gasteiger partial charge in [-0.2, -0.15) is 0 Å². The summed E-state index contributed by atoms with van der Waals surface area (Å²) in [6.45, 7) is 5.03. The number of nitrogens with zero attached hydrogens (tertiary/aromatic N) is 1. The van der Waals surface area contributed by atoms with Crippen LogP contribution < -0.4 is 10.2 Å². The van der Waals surface area contributed by atoms with Gasteiger partial charge in [0.1, 0.15) is 0 Å². The normalized spacial score (nSPS) is 17.5. The van der Waals surface area contributed by atoms with Crippen LogP contribution in [0.1, 0.15) is 24.0 Å². The number of carbonyl (C=O) groups is 1. The second-order valence-corrected chi connectivity index (χ2v) is 5.99. The van der Waals surface area contributed by atoms with Crippen molar-refractivity contribution in [1.29, 1.82) is 0 Å². The first-order chi connectivity index (χ1) is 10.6. The summed E-state index contributed by atoms with van der Waals surface area (Å²) >= 11 is 0. The number of amides is 1. The lowest BCUT2D eigenvalue weighted by atomic mass is 10.1. The molecule has 0 bridgehead atoms. The van der Waals surface area contributed by atoms with E-state index in [4.69, 9.17) is 0 Å². The third-order valence-corrected chi connectivity index (χ3v) is 4.16. The molecule has 114 valence electrons. The van der Waals surface area contributed by atoms with Crippen LogP contribution in [0.15, 0.2) is 48.5 Å². The second kappa shape index (κ2) is 6.32. The van der Waals surface area contributed by atoms with E-state index in [9.17, 15) is 4.79 Å². The van der Waals surface area contributed by atoms with Gasteiger partial charge in [0.2, 0.25) is 5.91 Å². The van der Waals surface area contributed by atoms with Crippen molar-refractivity contribution in [3.05, 3.63) is 59.7 Å². The van der Waals surface area contributed by atoms with Gasteiger partial charge >= 0.3 is 0 Å². The largest absolute Gasteiger partial charge is 0.306 e. The monoisotopic (exact) mass is 294 g/mol. The number of hydrogen-bond donors (Lipinski definition) is 1. The molecule has 1 amide bonds. The summed E-state index contributed by atoms with van der Waals surface area (Å²) in [7, 11) is 0. The lowest BCUT2D eigenvalue weighted by Gasteiger charge is -2.26. The van der Waals surface area contributed by atoms with E-state index in [-0.39, 0.29) is 11.9 Å². The molecule has 1 heterocycles. The first-order valence-corrected chi connectivity index (χ1v) is 7.86. The number of aryl methyl sites for hydroxylation is 2. The summed E-state index contributed by atoms with van der Waals surface area (Å²) in [6, 6.07) is 16.2. The van der Waals surface area contributed by atoms with Crippen molar-refractivity contribution in [2.45, 2.75) is 32.7 Å². The van der Waals surface area contributed by atoms with E-state index < -0.39 is 0 Å². The minimum absolute atomic E-state index is 0.0809. The summed E-state index contributed by atoms with van der Waals surface area (Å²) in [5.41, 5.74) is 4.24. The molecule has 1 aliphatic rings. The highest BCUT2D eigenvalue weighted by atomic mass is 16.2. The molecule has 0 aromatic heterocycles. The Labute approximate surface area is 132 Å². The molecular formula is C19H22N2O. The van der Waals surface area contributed by atoms with E-state index in [0.29, 0.717) is 0 Å². The van der Waals surface area contributed by atoms with Crippen LogP contribution in [0.5, 0.6) is 0 Å². The molecule has 1 fully saturated rings. The average Bonchev–Trinajstić information content (AvgIpc) is 3.05. The maximum atomic E-state index is 13.0. The van der Waals surface area contributed by atoms with Gasteiger partial charge in [0, 0.05) is 11.4 Å². The van der Waals surface area contributed by atoms with Crippen molar-refractivity contribution in [3.63, 3.8) is 0 Å². The average molecular weight is 294 g/mol. The van der Waals surface area contributed by atoms with Crippen molar-refractivity contribution < 1.29 is 4.79 Å². The zero-order valence-corrected chi connectivity index (χ0v) is 13.2. The highest BCUT2D eigenvalue weighted by Gasteiger charge is 2.28. The standard InChI is InChI=1S/C19H22N2O/c1-14-5-9-16(10-6-14)21(17-11-7-15(2)8-12-17)19(22)18-4-3-13-20-18/h5-12,18,20H,3-4,13H2,1-2H3. The summed E-state index contributed by atoms with van der Waals surface area (Å²) in [4.78, 5) is 14.8. The molecule has 0 saturated carbocycles. The van der Waals surface area contributed by atoms with Gasteiger partial charge in [-0.3, -0.25) is 9.69 Å². The summed E-state index contributed by atoms with van der Waals surface area (Å²) in [5, 5.41) is 3.31. The van der Waals surface area contributed by atoms with Crippen LogP contribution in [0.4, 0.5) is 11.4 Å². The Bertz CT molecular complexity index is 595. The summed E-state index contributed by atoms with van der Waals surface area (Å²) in [6.07, 6.45) is 1.97. The van der Waals surface area contributed by atoms with Crippen LogP contribution in [-0.2, 0) is 4.79 Å². The number of carbonyl (C=O) groups excluding carboxylic acids is 1. The third-order valence-electron chi connectivity index (χ3n) is 4.16. The quantitative estimate of drug-likeness (QED) is 0.935. The van der Waals surface area contributed by atoms with Crippen molar-refractivity contribution in [2.24, 2.45) is 0 Å². The summed E-state index contributed by atoms with van der Waals surface area (Å²) in [5.74, 6) is 0.130. The van der Waals surface area contributed by atoms with Crippen LogP contribution in [0, 0.1) is 13.8 Å². The molecule has 1 atom stereocenters. The number of nitrogens with one attached hydrogen (secondary N) is 1.